The monoisotopic (exact) mass is 374 g/mol. The van der Waals surface area contributed by atoms with Gasteiger partial charge in [0.15, 0.2) is 0 Å². The lowest BCUT2D eigenvalue weighted by Crippen LogP contribution is -2.22. The van der Waals surface area contributed by atoms with E-state index in [1.54, 1.807) is 6.20 Å². The molecule has 4 rings (SSSR count). The third-order valence-corrected chi connectivity index (χ3v) is 5.44. The van der Waals surface area contributed by atoms with E-state index in [2.05, 4.69) is 20.3 Å². The molecular weight excluding hydrogens is 356 g/mol. The third kappa shape index (κ3) is 3.61. The maximum Gasteiger partial charge on any atom is 0.237 e. The highest BCUT2D eigenvalue weighted by Gasteiger charge is 2.18. The number of pyridine rings is 1. The number of nitrogens with one attached hydrogen (secondary N) is 1. The highest BCUT2D eigenvalue weighted by molar-refractivity contribution is 8.00. The molecule has 1 unspecified atom stereocenters. The van der Waals surface area contributed by atoms with Crippen molar-refractivity contribution in [2.24, 2.45) is 0 Å². The zero-order valence-corrected chi connectivity index (χ0v) is 15.8. The van der Waals surface area contributed by atoms with Crippen molar-refractivity contribution in [2.75, 3.05) is 5.32 Å². The van der Waals surface area contributed by atoms with Crippen LogP contribution in [0.3, 0.4) is 0 Å². The van der Waals surface area contributed by atoms with E-state index in [1.165, 1.54) is 11.8 Å². The summed E-state index contributed by atoms with van der Waals surface area (Å²) in [6.45, 7) is 3.79. The van der Waals surface area contributed by atoms with Gasteiger partial charge in [-0.3, -0.25) is 9.78 Å². The molecule has 0 radical (unpaired) electrons. The first kappa shape index (κ1) is 17.4. The lowest BCUT2D eigenvalue weighted by Gasteiger charge is -2.14. The molecule has 0 aliphatic rings. The van der Waals surface area contributed by atoms with E-state index in [0.717, 1.165) is 38.3 Å². The van der Waals surface area contributed by atoms with Gasteiger partial charge in [0.2, 0.25) is 5.91 Å². The van der Waals surface area contributed by atoms with E-state index in [-0.39, 0.29) is 11.2 Å². The smallest absolute Gasteiger partial charge is 0.237 e. The Morgan fingerprint density at radius 1 is 0.963 bits per heavy atom. The highest BCUT2D eigenvalue weighted by atomic mass is 32.2. The number of benzene rings is 2. The Morgan fingerprint density at radius 3 is 2.52 bits per heavy atom. The van der Waals surface area contributed by atoms with E-state index in [4.69, 9.17) is 0 Å². The van der Waals surface area contributed by atoms with Crippen molar-refractivity contribution in [3.63, 3.8) is 0 Å². The van der Waals surface area contributed by atoms with Gasteiger partial charge in [0, 0.05) is 11.6 Å². The minimum Gasteiger partial charge on any atom is -0.324 e. The first-order chi connectivity index (χ1) is 13.1. The minimum absolute atomic E-state index is 0.0780. The second-order valence-electron chi connectivity index (χ2n) is 6.23. The summed E-state index contributed by atoms with van der Waals surface area (Å²) in [6, 6.07) is 17.3. The number of rotatable bonds is 4. The summed E-state index contributed by atoms with van der Waals surface area (Å²) in [7, 11) is 0. The molecule has 0 saturated carbocycles. The van der Waals surface area contributed by atoms with Gasteiger partial charge >= 0.3 is 0 Å². The Labute approximate surface area is 161 Å². The van der Waals surface area contributed by atoms with Gasteiger partial charge in [0.05, 0.1) is 33.2 Å². The SMILES string of the molecule is Cc1nc2ccccc2nc1SC(C)C(=O)Nc1cccc2ncccc12. The minimum atomic E-state index is -0.314. The number of aryl methyl sites for hydroxylation is 1. The molecule has 0 fully saturated rings. The summed E-state index contributed by atoms with van der Waals surface area (Å²) in [6.07, 6.45) is 1.74. The number of nitrogens with zero attached hydrogens (tertiary/aromatic N) is 3. The van der Waals surface area contributed by atoms with Gasteiger partial charge < -0.3 is 5.32 Å². The largest absolute Gasteiger partial charge is 0.324 e. The average molecular weight is 374 g/mol. The molecular formula is C21H18N4OS. The van der Waals surface area contributed by atoms with Gasteiger partial charge in [0.1, 0.15) is 5.03 Å². The van der Waals surface area contributed by atoms with Crippen LogP contribution >= 0.6 is 11.8 Å². The summed E-state index contributed by atoms with van der Waals surface area (Å²) < 4.78 is 0. The molecule has 134 valence electrons. The van der Waals surface area contributed by atoms with Crippen LogP contribution in [0.2, 0.25) is 0 Å². The molecule has 2 aromatic carbocycles. The van der Waals surface area contributed by atoms with Crippen LogP contribution in [0.15, 0.2) is 65.8 Å². The van der Waals surface area contributed by atoms with Crippen molar-refractivity contribution in [3.8, 4) is 0 Å². The second-order valence-corrected chi connectivity index (χ2v) is 7.56. The predicted octanol–water partition coefficient (Wildman–Crippen LogP) is 4.61. The summed E-state index contributed by atoms with van der Waals surface area (Å²) in [5.74, 6) is -0.0780. The molecule has 0 saturated heterocycles. The van der Waals surface area contributed by atoms with E-state index in [0.29, 0.717) is 0 Å². The number of carbonyl (C=O) groups is 1. The quantitative estimate of drug-likeness (QED) is 0.529. The number of fused-ring (bicyclic) bond motifs is 2. The molecule has 0 aliphatic carbocycles. The van der Waals surface area contributed by atoms with Crippen LogP contribution in [0.1, 0.15) is 12.6 Å². The molecule has 1 atom stereocenters. The number of aromatic nitrogens is 3. The fourth-order valence-electron chi connectivity index (χ4n) is 2.85. The normalized spacial score (nSPS) is 12.2. The number of hydrogen-bond acceptors (Lipinski definition) is 5. The average Bonchev–Trinajstić information content (AvgIpc) is 2.68. The van der Waals surface area contributed by atoms with Crippen LogP contribution in [0.5, 0.6) is 0 Å². The molecule has 1 amide bonds. The first-order valence-electron chi connectivity index (χ1n) is 8.66. The lowest BCUT2D eigenvalue weighted by atomic mass is 10.2. The highest BCUT2D eigenvalue weighted by Crippen LogP contribution is 2.28. The predicted molar refractivity (Wildman–Crippen MR) is 110 cm³/mol. The topological polar surface area (TPSA) is 67.8 Å². The molecule has 0 aliphatic heterocycles. The summed E-state index contributed by atoms with van der Waals surface area (Å²) in [5.41, 5.74) is 4.14. The maximum atomic E-state index is 12.7. The molecule has 0 bridgehead atoms. The van der Waals surface area contributed by atoms with Crippen LogP contribution in [0, 0.1) is 6.92 Å². The van der Waals surface area contributed by atoms with Crippen molar-refractivity contribution in [1.29, 1.82) is 0 Å². The van der Waals surface area contributed by atoms with Gasteiger partial charge in [-0.1, -0.05) is 30.0 Å². The molecule has 2 heterocycles. The van der Waals surface area contributed by atoms with E-state index in [1.807, 2.05) is 68.4 Å². The first-order valence-corrected chi connectivity index (χ1v) is 9.54. The van der Waals surface area contributed by atoms with Crippen LogP contribution in [-0.4, -0.2) is 26.1 Å². The van der Waals surface area contributed by atoms with E-state index < -0.39 is 0 Å². The number of anilines is 1. The van der Waals surface area contributed by atoms with E-state index >= 15 is 0 Å². The van der Waals surface area contributed by atoms with Crippen LogP contribution in [0.25, 0.3) is 21.9 Å². The Bertz CT molecular complexity index is 1140. The number of para-hydroxylation sites is 2. The van der Waals surface area contributed by atoms with Crippen molar-refractivity contribution >= 4 is 45.3 Å². The molecule has 5 nitrogen and oxygen atoms in total. The van der Waals surface area contributed by atoms with Gasteiger partial charge in [-0.05, 0) is 50.2 Å². The number of amides is 1. The Kier molecular flexibility index (Phi) is 4.73. The third-order valence-electron chi connectivity index (χ3n) is 4.26. The zero-order valence-electron chi connectivity index (χ0n) is 15.0. The summed E-state index contributed by atoms with van der Waals surface area (Å²) in [4.78, 5) is 26.3. The fourth-order valence-corrected chi connectivity index (χ4v) is 3.72. The zero-order chi connectivity index (χ0) is 18.8. The van der Waals surface area contributed by atoms with Crippen LogP contribution in [-0.2, 0) is 4.79 Å². The number of carbonyl (C=O) groups excluding carboxylic acids is 1. The Hall–Kier alpha value is -2.99. The summed E-state index contributed by atoms with van der Waals surface area (Å²) >= 11 is 1.42. The van der Waals surface area contributed by atoms with Gasteiger partial charge in [-0.2, -0.15) is 0 Å². The molecule has 2 aromatic heterocycles. The van der Waals surface area contributed by atoms with Crippen LogP contribution in [0.4, 0.5) is 5.69 Å². The number of thioether (sulfide) groups is 1. The lowest BCUT2D eigenvalue weighted by molar-refractivity contribution is -0.115. The van der Waals surface area contributed by atoms with E-state index in [9.17, 15) is 4.79 Å². The summed E-state index contributed by atoms with van der Waals surface area (Å²) in [5, 5.41) is 4.40. The van der Waals surface area contributed by atoms with Crippen LogP contribution < -0.4 is 5.32 Å². The standard InChI is InChI=1S/C21H18N4OS/c1-13-21(25-19-9-4-3-8-18(19)23-13)27-14(2)20(26)24-17-11-5-10-16-15(17)7-6-12-22-16/h3-12,14H,1-2H3,(H,24,26). The van der Waals surface area contributed by atoms with Crippen molar-refractivity contribution in [1.82, 2.24) is 15.0 Å². The molecule has 6 heteroatoms. The van der Waals surface area contributed by atoms with Gasteiger partial charge in [-0.15, -0.1) is 0 Å². The van der Waals surface area contributed by atoms with Gasteiger partial charge in [-0.25, -0.2) is 9.97 Å². The maximum absolute atomic E-state index is 12.7. The van der Waals surface area contributed by atoms with Crippen molar-refractivity contribution in [2.45, 2.75) is 24.1 Å². The molecule has 27 heavy (non-hydrogen) atoms. The Balaban J connectivity index is 1.55. The van der Waals surface area contributed by atoms with Gasteiger partial charge in [0.25, 0.3) is 0 Å². The molecule has 1 N–H and O–H groups in total. The number of hydrogen-bond donors (Lipinski definition) is 1. The molecule has 0 spiro atoms. The second kappa shape index (κ2) is 7.32. The Morgan fingerprint density at radius 2 is 1.70 bits per heavy atom. The van der Waals surface area contributed by atoms with Crippen molar-refractivity contribution in [3.05, 3.63) is 66.5 Å². The fraction of sp³-hybridized carbons (Fsp3) is 0.143. The molecule has 4 aromatic rings. The van der Waals surface area contributed by atoms with Crippen molar-refractivity contribution < 1.29 is 4.79 Å².